The highest BCUT2D eigenvalue weighted by atomic mass is 16.2. The number of aromatic nitrogens is 6. The van der Waals surface area contributed by atoms with E-state index >= 15 is 0 Å². The fraction of sp³-hybridized carbons (Fsp3) is 0.483. The van der Waals surface area contributed by atoms with E-state index in [1.165, 1.54) is 10.1 Å². The van der Waals surface area contributed by atoms with Crippen molar-refractivity contribution in [3.05, 3.63) is 63.1 Å². The Morgan fingerprint density at radius 1 is 1.00 bits per heavy atom. The van der Waals surface area contributed by atoms with Gasteiger partial charge in [0.05, 0.1) is 11.8 Å². The summed E-state index contributed by atoms with van der Waals surface area (Å²) in [7, 11) is 1.80. The van der Waals surface area contributed by atoms with Gasteiger partial charge in [-0.3, -0.25) is 23.4 Å². The fourth-order valence-electron chi connectivity index (χ4n) is 5.50. The third kappa shape index (κ3) is 4.84. The summed E-state index contributed by atoms with van der Waals surface area (Å²) in [6.07, 6.45) is 5.54. The highest BCUT2D eigenvalue weighted by molar-refractivity contribution is 5.95. The van der Waals surface area contributed by atoms with Crippen LogP contribution in [0, 0.1) is 5.92 Å². The van der Waals surface area contributed by atoms with Crippen molar-refractivity contribution in [3.8, 4) is 11.4 Å². The van der Waals surface area contributed by atoms with Crippen LogP contribution in [0.4, 0.5) is 5.69 Å². The number of carbonyl (C=O) groups is 1. The molecule has 0 spiro atoms. The molecule has 0 N–H and O–H groups in total. The van der Waals surface area contributed by atoms with Crippen LogP contribution in [0.2, 0.25) is 0 Å². The first kappa shape index (κ1) is 26.6. The zero-order valence-corrected chi connectivity index (χ0v) is 23.4. The third-order valence-electron chi connectivity index (χ3n) is 7.55. The Bertz CT molecular complexity index is 1620. The van der Waals surface area contributed by atoms with Gasteiger partial charge in [0.1, 0.15) is 5.82 Å². The van der Waals surface area contributed by atoms with Crippen molar-refractivity contribution in [1.82, 2.24) is 28.5 Å². The lowest BCUT2D eigenvalue weighted by atomic mass is 10.0. The molecule has 1 atom stereocenters. The predicted molar refractivity (Wildman–Crippen MR) is 152 cm³/mol. The first-order valence-electron chi connectivity index (χ1n) is 13.9. The second-order valence-electron chi connectivity index (χ2n) is 10.8. The lowest BCUT2D eigenvalue weighted by Crippen LogP contribution is -2.40. The van der Waals surface area contributed by atoms with Crippen LogP contribution in [0.25, 0.3) is 22.6 Å². The van der Waals surface area contributed by atoms with Crippen molar-refractivity contribution in [3.63, 3.8) is 0 Å². The molecule has 0 aliphatic carbocycles. The van der Waals surface area contributed by atoms with Gasteiger partial charge in [-0.15, -0.1) is 0 Å². The first-order chi connectivity index (χ1) is 18.7. The van der Waals surface area contributed by atoms with Gasteiger partial charge in [-0.05, 0) is 36.5 Å². The fourth-order valence-corrected chi connectivity index (χ4v) is 5.50. The van der Waals surface area contributed by atoms with Gasteiger partial charge in [0.25, 0.3) is 5.56 Å². The molecular weight excluding hydrogens is 494 g/mol. The van der Waals surface area contributed by atoms with Gasteiger partial charge in [-0.1, -0.05) is 39.8 Å². The van der Waals surface area contributed by atoms with E-state index < -0.39 is 0 Å². The number of carbonyl (C=O) groups excluding carboxylic acids is 1. The Kier molecular flexibility index (Phi) is 7.29. The molecule has 1 unspecified atom stereocenters. The standard InChI is InChI=1S/C29H37N7O3/c1-6-12-34-27-25(28(38)35(13-7-2)29(34)39)32(5)26(31-27)22-15-30-33(18-22)16-20-14-24(37)36(17-20)23-10-8-21(9-11-23)19(3)4/h8-11,15,18-20H,6-7,12-14,16-17H2,1-5H3. The van der Waals surface area contributed by atoms with Gasteiger partial charge in [-0.25, -0.2) is 9.78 Å². The van der Waals surface area contributed by atoms with E-state index in [1.54, 1.807) is 22.4 Å². The number of aryl methyl sites for hydroxylation is 2. The molecular formula is C29H37N7O3. The van der Waals surface area contributed by atoms with Gasteiger partial charge in [0.2, 0.25) is 5.91 Å². The van der Waals surface area contributed by atoms with E-state index in [4.69, 9.17) is 4.98 Å². The SMILES string of the molecule is CCCn1c(=O)c2c(nc(-c3cnn(CC4CC(=O)N(c5ccc(C(C)C)cc5)C4)c3)n2C)n(CCC)c1=O. The van der Waals surface area contributed by atoms with Crippen LogP contribution in [0.1, 0.15) is 58.4 Å². The maximum Gasteiger partial charge on any atom is 0.332 e. The summed E-state index contributed by atoms with van der Waals surface area (Å²) >= 11 is 0. The monoisotopic (exact) mass is 531 g/mol. The van der Waals surface area contributed by atoms with E-state index in [9.17, 15) is 14.4 Å². The summed E-state index contributed by atoms with van der Waals surface area (Å²) in [5.74, 6) is 1.29. The Balaban J connectivity index is 1.40. The van der Waals surface area contributed by atoms with E-state index in [2.05, 4.69) is 31.1 Å². The Labute approximate surface area is 227 Å². The second kappa shape index (κ2) is 10.7. The number of amides is 1. The van der Waals surface area contributed by atoms with Gasteiger partial charge in [0.15, 0.2) is 11.2 Å². The number of rotatable bonds is 9. The molecule has 39 heavy (non-hydrogen) atoms. The summed E-state index contributed by atoms with van der Waals surface area (Å²) < 4.78 is 6.52. The van der Waals surface area contributed by atoms with Crippen LogP contribution in [-0.4, -0.2) is 40.9 Å². The summed E-state index contributed by atoms with van der Waals surface area (Å²) in [6.45, 7) is 10.4. The molecule has 1 saturated heterocycles. The molecule has 1 aliphatic rings. The number of hydrogen-bond donors (Lipinski definition) is 0. The molecule has 1 fully saturated rings. The molecule has 4 aromatic rings. The van der Waals surface area contributed by atoms with Crippen LogP contribution in [-0.2, 0) is 31.5 Å². The summed E-state index contributed by atoms with van der Waals surface area (Å²) in [6, 6.07) is 8.24. The van der Waals surface area contributed by atoms with Crippen LogP contribution in [0.15, 0.2) is 46.2 Å². The molecule has 4 heterocycles. The molecule has 10 nitrogen and oxygen atoms in total. The maximum absolute atomic E-state index is 13.3. The van der Waals surface area contributed by atoms with Crippen molar-refractivity contribution in [2.45, 2.75) is 72.5 Å². The lowest BCUT2D eigenvalue weighted by molar-refractivity contribution is -0.117. The van der Waals surface area contributed by atoms with Gasteiger partial charge in [-0.2, -0.15) is 5.10 Å². The summed E-state index contributed by atoms with van der Waals surface area (Å²) in [4.78, 5) is 45.7. The predicted octanol–water partition coefficient (Wildman–Crippen LogP) is 3.76. The van der Waals surface area contributed by atoms with Crippen LogP contribution < -0.4 is 16.1 Å². The number of hydrogen-bond acceptors (Lipinski definition) is 5. The normalized spacial score (nSPS) is 15.8. The minimum Gasteiger partial charge on any atom is -0.321 e. The van der Waals surface area contributed by atoms with Crippen molar-refractivity contribution in [2.24, 2.45) is 13.0 Å². The molecule has 10 heteroatoms. The number of nitrogens with zero attached hydrogens (tertiary/aromatic N) is 7. The molecule has 1 aliphatic heterocycles. The Hall–Kier alpha value is -3.95. The molecule has 1 amide bonds. The second-order valence-corrected chi connectivity index (χ2v) is 10.8. The number of imidazole rings is 1. The van der Waals surface area contributed by atoms with E-state index in [0.29, 0.717) is 61.9 Å². The Morgan fingerprint density at radius 2 is 1.69 bits per heavy atom. The lowest BCUT2D eigenvalue weighted by Gasteiger charge is -2.18. The minimum absolute atomic E-state index is 0.122. The number of anilines is 1. The quantitative estimate of drug-likeness (QED) is 0.327. The highest BCUT2D eigenvalue weighted by Gasteiger charge is 2.31. The van der Waals surface area contributed by atoms with Crippen molar-refractivity contribution in [2.75, 3.05) is 11.4 Å². The molecule has 1 aromatic carbocycles. The molecule has 206 valence electrons. The zero-order valence-electron chi connectivity index (χ0n) is 23.4. The van der Waals surface area contributed by atoms with Crippen molar-refractivity contribution in [1.29, 1.82) is 0 Å². The van der Waals surface area contributed by atoms with E-state index in [1.807, 2.05) is 41.8 Å². The van der Waals surface area contributed by atoms with E-state index in [0.717, 1.165) is 17.7 Å². The average Bonchev–Trinajstić information content (AvgIpc) is 3.61. The molecule has 0 saturated carbocycles. The molecule has 3 aromatic heterocycles. The summed E-state index contributed by atoms with van der Waals surface area (Å²) in [5.41, 5.74) is 3.14. The van der Waals surface area contributed by atoms with Crippen LogP contribution in [0.3, 0.4) is 0 Å². The number of benzene rings is 1. The van der Waals surface area contributed by atoms with Crippen molar-refractivity contribution < 1.29 is 4.79 Å². The molecule has 0 bridgehead atoms. The molecule has 5 rings (SSSR count). The minimum atomic E-state index is -0.316. The van der Waals surface area contributed by atoms with Gasteiger partial charge < -0.3 is 9.47 Å². The maximum atomic E-state index is 13.3. The average molecular weight is 532 g/mol. The van der Waals surface area contributed by atoms with Crippen LogP contribution in [0.5, 0.6) is 0 Å². The smallest absolute Gasteiger partial charge is 0.321 e. The largest absolute Gasteiger partial charge is 0.332 e. The van der Waals surface area contributed by atoms with Crippen molar-refractivity contribution >= 4 is 22.8 Å². The zero-order chi connectivity index (χ0) is 27.8. The number of fused-ring (bicyclic) bond motifs is 1. The Morgan fingerprint density at radius 3 is 2.36 bits per heavy atom. The van der Waals surface area contributed by atoms with Gasteiger partial charge >= 0.3 is 5.69 Å². The summed E-state index contributed by atoms with van der Waals surface area (Å²) in [5, 5.41) is 4.55. The highest BCUT2D eigenvalue weighted by Crippen LogP contribution is 2.28. The first-order valence-corrected chi connectivity index (χ1v) is 13.9. The van der Waals surface area contributed by atoms with E-state index in [-0.39, 0.29) is 23.1 Å². The van der Waals surface area contributed by atoms with Gasteiger partial charge in [0, 0.05) is 57.4 Å². The third-order valence-corrected chi connectivity index (χ3v) is 7.55. The molecule has 0 radical (unpaired) electrons. The topological polar surface area (TPSA) is 99.9 Å². The van der Waals surface area contributed by atoms with Crippen LogP contribution >= 0.6 is 0 Å².